The van der Waals surface area contributed by atoms with E-state index in [2.05, 4.69) is 14.7 Å². The number of halogens is 1. The Balaban J connectivity index is 2.29. The average molecular weight is 164 g/mol. The number of hydrogen-bond donors (Lipinski definition) is 0. The van der Waals surface area contributed by atoms with Crippen LogP contribution in [0.25, 0.3) is 0 Å². The minimum absolute atomic E-state index is 0.325. The van der Waals surface area contributed by atoms with Gasteiger partial charge in [0, 0.05) is 6.92 Å². The van der Waals surface area contributed by atoms with E-state index < -0.39 is 12.3 Å². The molecule has 0 amide bonds. The summed E-state index contributed by atoms with van der Waals surface area (Å²) in [6.07, 6.45) is -0.272. The molecule has 4 nitrogen and oxygen atoms in total. The smallest absolute Gasteiger partial charge is 0.305 e. The first-order valence-electron chi connectivity index (χ1n) is 2.74. The topological polar surface area (TPSA) is 47.9 Å². The number of esters is 1. The number of rotatable bonds is 1. The Hall–Kier alpha value is -0.770. The number of carbonyl (C=O) groups excluding carboxylic acids is 1. The third kappa shape index (κ3) is 1.88. The van der Waals surface area contributed by atoms with Crippen LogP contribution < -0.4 is 0 Å². The predicted molar refractivity (Wildman–Crippen MR) is 34.5 cm³/mol. The van der Waals surface area contributed by atoms with Crippen LogP contribution in [0.5, 0.6) is 0 Å². The minimum Gasteiger partial charge on any atom is -0.423 e. The van der Waals surface area contributed by atoms with Crippen molar-refractivity contribution in [3.8, 4) is 0 Å². The Morgan fingerprint density at radius 1 is 2.00 bits per heavy atom. The Bertz CT molecular complexity index is 180. The second kappa shape index (κ2) is 2.88. The zero-order chi connectivity index (χ0) is 7.56. The van der Waals surface area contributed by atoms with Gasteiger partial charge in [0.1, 0.15) is 0 Å². The van der Waals surface area contributed by atoms with Gasteiger partial charge in [-0.25, -0.2) is 0 Å². The van der Waals surface area contributed by atoms with E-state index in [9.17, 15) is 4.79 Å². The van der Waals surface area contributed by atoms with Crippen molar-refractivity contribution >= 4 is 22.7 Å². The first kappa shape index (κ1) is 7.34. The van der Waals surface area contributed by atoms with Crippen molar-refractivity contribution < 1.29 is 14.4 Å². The molecule has 1 unspecified atom stereocenters. The summed E-state index contributed by atoms with van der Waals surface area (Å²) in [7, 11) is 0. The Morgan fingerprint density at radius 2 is 2.70 bits per heavy atom. The third-order valence-electron chi connectivity index (χ3n) is 0.902. The van der Waals surface area contributed by atoms with Crippen LogP contribution in [-0.4, -0.2) is 17.4 Å². The van der Waals surface area contributed by atoms with Crippen LogP contribution in [0.15, 0.2) is 5.16 Å². The highest BCUT2D eigenvalue weighted by Gasteiger charge is 2.21. The monoisotopic (exact) mass is 163 g/mol. The molecule has 0 fully saturated rings. The van der Waals surface area contributed by atoms with E-state index in [0.29, 0.717) is 11.6 Å². The third-order valence-corrected chi connectivity index (χ3v) is 1.13. The van der Waals surface area contributed by atoms with Gasteiger partial charge in [-0.1, -0.05) is 16.8 Å². The summed E-state index contributed by atoms with van der Waals surface area (Å²) in [5, 5.41) is 3.70. The van der Waals surface area contributed by atoms with Crippen LogP contribution in [0.2, 0.25) is 0 Å². The van der Waals surface area contributed by atoms with E-state index in [1.165, 1.54) is 6.92 Å². The van der Waals surface area contributed by atoms with Crippen LogP contribution in [-0.2, 0) is 14.4 Å². The van der Waals surface area contributed by atoms with Gasteiger partial charge in [-0.15, -0.1) is 0 Å². The van der Waals surface area contributed by atoms with E-state index in [1.807, 2.05) is 0 Å². The molecule has 1 rings (SSSR count). The molecular weight excluding hydrogens is 158 g/mol. The maximum Gasteiger partial charge on any atom is 0.305 e. The lowest BCUT2D eigenvalue weighted by atomic mass is 10.5. The number of nitrogens with zero attached hydrogens (tertiary/aromatic N) is 1. The summed E-state index contributed by atoms with van der Waals surface area (Å²) in [5.41, 5.74) is 0. The highest BCUT2D eigenvalue weighted by atomic mass is 35.5. The van der Waals surface area contributed by atoms with Crippen LogP contribution in [0, 0.1) is 0 Å². The molecule has 10 heavy (non-hydrogen) atoms. The van der Waals surface area contributed by atoms with Gasteiger partial charge in [0.15, 0.2) is 5.17 Å². The van der Waals surface area contributed by atoms with Crippen LogP contribution in [0.1, 0.15) is 13.3 Å². The van der Waals surface area contributed by atoms with E-state index >= 15 is 0 Å². The molecule has 1 heterocycles. The highest BCUT2D eigenvalue weighted by molar-refractivity contribution is 6.65. The van der Waals surface area contributed by atoms with Crippen molar-refractivity contribution in [3.63, 3.8) is 0 Å². The van der Waals surface area contributed by atoms with Crippen molar-refractivity contribution in [3.05, 3.63) is 0 Å². The van der Waals surface area contributed by atoms with E-state index in [0.717, 1.165) is 0 Å². The second-order valence-electron chi connectivity index (χ2n) is 1.82. The predicted octanol–water partition coefficient (Wildman–Crippen LogP) is 0.848. The summed E-state index contributed by atoms with van der Waals surface area (Å²) < 4.78 is 4.62. The quantitative estimate of drug-likeness (QED) is 0.539. The van der Waals surface area contributed by atoms with Gasteiger partial charge in [0.05, 0.1) is 6.42 Å². The number of ether oxygens (including phenoxy) is 1. The molecule has 0 saturated carbocycles. The second-order valence-corrected chi connectivity index (χ2v) is 2.25. The molecule has 0 spiro atoms. The maximum absolute atomic E-state index is 10.3. The molecule has 1 aliphatic rings. The van der Waals surface area contributed by atoms with Crippen molar-refractivity contribution in [2.45, 2.75) is 19.6 Å². The Morgan fingerprint density at radius 3 is 3.10 bits per heavy atom. The SMILES string of the molecule is CC(=O)OC1CC(Cl)=NO1. The molecule has 1 atom stereocenters. The van der Waals surface area contributed by atoms with Gasteiger partial charge in [-0.3, -0.25) is 4.79 Å². The lowest BCUT2D eigenvalue weighted by molar-refractivity contribution is -0.170. The largest absolute Gasteiger partial charge is 0.423 e. The number of carbonyl (C=O) groups is 1. The van der Waals surface area contributed by atoms with Gasteiger partial charge >= 0.3 is 5.97 Å². The molecule has 0 radical (unpaired) electrons. The molecule has 0 N–H and O–H groups in total. The Kier molecular flexibility index (Phi) is 2.11. The molecule has 0 aromatic heterocycles. The lowest BCUT2D eigenvalue weighted by Crippen LogP contribution is -2.14. The van der Waals surface area contributed by atoms with Crippen molar-refractivity contribution in [1.82, 2.24) is 0 Å². The van der Waals surface area contributed by atoms with Crippen LogP contribution in [0.4, 0.5) is 0 Å². The first-order valence-corrected chi connectivity index (χ1v) is 3.11. The van der Waals surface area contributed by atoms with Crippen molar-refractivity contribution in [1.29, 1.82) is 0 Å². The molecule has 1 aliphatic heterocycles. The van der Waals surface area contributed by atoms with Crippen LogP contribution in [0.3, 0.4) is 0 Å². The average Bonchev–Trinajstić information content (AvgIpc) is 2.13. The summed E-state index contributed by atoms with van der Waals surface area (Å²) in [5.74, 6) is -0.397. The summed E-state index contributed by atoms with van der Waals surface area (Å²) in [6.45, 7) is 1.30. The molecule has 0 aromatic carbocycles. The van der Waals surface area contributed by atoms with E-state index in [1.54, 1.807) is 0 Å². The molecule has 0 bridgehead atoms. The fourth-order valence-corrected chi connectivity index (χ4v) is 0.742. The first-order chi connectivity index (χ1) is 4.68. The normalized spacial score (nSPS) is 23.4. The van der Waals surface area contributed by atoms with Gasteiger partial charge in [-0.05, 0) is 0 Å². The van der Waals surface area contributed by atoms with Gasteiger partial charge in [0.2, 0.25) is 0 Å². The van der Waals surface area contributed by atoms with E-state index in [4.69, 9.17) is 11.6 Å². The molecule has 56 valence electrons. The summed E-state index contributed by atoms with van der Waals surface area (Å²) >= 11 is 5.42. The lowest BCUT2D eigenvalue weighted by Gasteiger charge is -2.05. The fourth-order valence-electron chi connectivity index (χ4n) is 0.576. The zero-order valence-electron chi connectivity index (χ0n) is 5.33. The summed E-state index contributed by atoms with van der Waals surface area (Å²) in [4.78, 5) is 14.9. The van der Waals surface area contributed by atoms with Gasteiger partial charge in [-0.2, -0.15) is 0 Å². The molecule has 0 aliphatic carbocycles. The molecule has 0 aromatic rings. The maximum atomic E-state index is 10.3. The fraction of sp³-hybridized carbons (Fsp3) is 0.600. The molecule has 0 saturated heterocycles. The summed E-state index contributed by atoms with van der Waals surface area (Å²) in [6, 6.07) is 0. The van der Waals surface area contributed by atoms with Crippen molar-refractivity contribution in [2.75, 3.05) is 0 Å². The number of hydrogen-bond acceptors (Lipinski definition) is 4. The standard InChI is InChI=1S/C5H6ClNO3/c1-3(8)9-5-2-4(6)7-10-5/h5H,2H2,1H3. The minimum atomic E-state index is -0.620. The molecule has 5 heteroatoms. The van der Waals surface area contributed by atoms with Gasteiger partial charge in [0.25, 0.3) is 6.29 Å². The van der Waals surface area contributed by atoms with Crippen molar-refractivity contribution in [2.24, 2.45) is 5.16 Å². The van der Waals surface area contributed by atoms with Gasteiger partial charge < -0.3 is 9.57 Å². The number of oxime groups is 1. The van der Waals surface area contributed by atoms with Crippen LogP contribution >= 0.6 is 11.6 Å². The van der Waals surface area contributed by atoms with E-state index in [-0.39, 0.29) is 0 Å². The molecular formula is C5H6ClNO3. The highest BCUT2D eigenvalue weighted by Crippen LogP contribution is 2.13. The Labute approximate surface area is 62.7 Å². The zero-order valence-corrected chi connectivity index (χ0v) is 6.09.